The van der Waals surface area contributed by atoms with E-state index < -0.39 is 5.95 Å². The van der Waals surface area contributed by atoms with E-state index in [2.05, 4.69) is 10.3 Å². The lowest BCUT2D eigenvalue weighted by atomic mass is 9.84. The number of nitrogens with one attached hydrogen (secondary N) is 1. The maximum absolute atomic E-state index is 13.1. The average molecular weight is 265 g/mol. The summed E-state index contributed by atoms with van der Waals surface area (Å²) >= 11 is 0. The van der Waals surface area contributed by atoms with Crippen LogP contribution in [0.4, 0.5) is 10.2 Å². The van der Waals surface area contributed by atoms with E-state index in [4.69, 9.17) is 5.73 Å². The molecule has 1 aromatic heterocycles. The minimum atomic E-state index is -0.726. The van der Waals surface area contributed by atoms with Crippen molar-refractivity contribution in [3.05, 3.63) is 23.6 Å². The number of nitrogen functional groups attached to an aromatic ring is 1. The highest BCUT2D eigenvalue weighted by molar-refractivity contribution is 5.94. The molecule has 1 aliphatic carbocycles. The van der Waals surface area contributed by atoms with Crippen LogP contribution >= 0.6 is 0 Å². The summed E-state index contributed by atoms with van der Waals surface area (Å²) in [6, 6.07) is 2.61. The van der Waals surface area contributed by atoms with E-state index in [9.17, 15) is 9.18 Å². The first-order valence-electron chi connectivity index (χ1n) is 6.80. The lowest BCUT2D eigenvalue weighted by Gasteiger charge is -2.28. The summed E-state index contributed by atoms with van der Waals surface area (Å²) in [5.41, 5.74) is 5.67. The topological polar surface area (TPSA) is 68.0 Å². The molecule has 0 aromatic carbocycles. The van der Waals surface area contributed by atoms with Gasteiger partial charge in [-0.3, -0.25) is 4.79 Å². The summed E-state index contributed by atoms with van der Waals surface area (Å²) in [5.74, 6) is -0.473. The fourth-order valence-corrected chi connectivity index (χ4v) is 2.69. The van der Waals surface area contributed by atoms with Gasteiger partial charge >= 0.3 is 0 Å². The molecule has 1 heterocycles. The molecule has 104 valence electrons. The predicted octanol–water partition coefficient (Wildman–Crippen LogP) is 2.50. The molecule has 0 bridgehead atoms. The van der Waals surface area contributed by atoms with Gasteiger partial charge in [-0.1, -0.05) is 19.3 Å². The standard InChI is InChI=1S/C14H20FN3O/c1-9(10-5-3-2-4-6-10)17-14(19)11-7-12(15)18-13(16)8-11/h7-10H,2-6H2,1H3,(H2,16,18)(H,17,19)/t9-/m0/s1. The van der Waals surface area contributed by atoms with Crippen LogP contribution in [-0.2, 0) is 0 Å². The van der Waals surface area contributed by atoms with Gasteiger partial charge in [-0.15, -0.1) is 0 Å². The molecule has 19 heavy (non-hydrogen) atoms. The summed E-state index contributed by atoms with van der Waals surface area (Å²) in [5, 5.41) is 2.93. The molecule has 5 heteroatoms. The quantitative estimate of drug-likeness (QED) is 0.825. The van der Waals surface area contributed by atoms with Crippen LogP contribution in [-0.4, -0.2) is 16.9 Å². The van der Waals surface area contributed by atoms with Crippen LogP contribution in [0.15, 0.2) is 12.1 Å². The zero-order chi connectivity index (χ0) is 13.8. The minimum Gasteiger partial charge on any atom is -0.384 e. The number of aromatic nitrogens is 1. The summed E-state index contributed by atoms with van der Waals surface area (Å²) in [7, 11) is 0. The number of anilines is 1. The van der Waals surface area contributed by atoms with E-state index in [-0.39, 0.29) is 23.3 Å². The van der Waals surface area contributed by atoms with Gasteiger partial charge in [-0.25, -0.2) is 4.98 Å². The Morgan fingerprint density at radius 3 is 2.74 bits per heavy atom. The van der Waals surface area contributed by atoms with Gasteiger partial charge in [0, 0.05) is 17.7 Å². The molecular weight excluding hydrogens is 245 g/mol. The first-order chi connectivity index (χ1) is 9.06. The molecule has 0 unspecified atom stereocenters. The van der Waals surface area contributed by atoms with Crippen molar-refractivity contribution in [2.24, 2.45) is 5.92 Å². The highest BCUT2D eigenvalue weighted by Gasteiger charge is 2.22. The number of carbonyl (C=O) groups excluding carboxylic acids is 1. The predicted molar refractivity (Wildman–Crippen MR) is 72.1 cm³/mol. The van der Waals surface area contributed by atoms with Crippen LogP contribution < -0.4 is 11.1 Å². The Morgan fingerprint density at radius 1 is 1.42 bits per heavy atom. The number of hydrogen-bond acceptors (Lipinski definition) is 3. The summed E-state index contributed by atoms with van der Waals surface area (Å²) < 4.78 is 13.1. The van der Waals surface area contributed by atoms with Gasteiger partial charge in [0.2, 0.25) is 5.95 Å². The zero-order valence-corrected chi connectivity index (χ0v) is 11.2. The number of nitrogens with zero attached hydrogens (tertiary/aromatic N) is 1. The van der Waals surface area contributed by atoms with Crippen LogP contribution in [0.2, 0.25) is 0 Å². The number of amides is 1. The van der Waals surface area contributed by atoms with E-state index in [0.717, 1.165) is 18.9 Å². The van der Waals surface area contributed by atoms with E-state index in [1.54, 1.807) is 0 Å². The molecule has 3 N–H and O–H groups in total. The number of nitrogens with two attached hydrogens (primary N) is 1. The molecule has 1 amide bonds. The second-order valence-corrected chi connectivity index (χ2v) is 5.26. The summed E-state index contributed by atoms with van der Waals surface area (Å²) in [6.45, 7) is 2.01. The average Bonchev–Trinajstić information content (AvgIpc) is 2.38. The van der Waals surface area contributed by atoms with Crippen LogP contribution in [0.1, 0.15) is 49.4 Å². The molecule has 1 fully saturated rings. The molecule has 0 radical (unpaired) electrons. The molecule has 0 spiro atoms. The zero-order valence-electron chi connectivity index (χ0n) is 11.2. The van der Waals surface area contributed by atoms with E-state index in [1.165, 1.54) is 25.3 Å². The maximum Gasteiger partial charge on any atom is 0.251 e. The Morgan fingerprint density at radius 2 is 2.11 bits per heavy atom. The van der Waals surface area contributed by atoms with Crippen LogP contribution in [0.25, 0.3) is 0 Å². The largest absolute Gasteiger partial charge is 0.384 e. The number of pyridine rings is 1. The third-order valence-corrected chi connectivity index (χ3v) is 3.79. The van der Waals surface area contributed by atoms with Gasteiger partial charge in [-0.2, -0.15) is 4.39 Å². The lowest BCUT2D eigenvalue weighted by Crippen LogP contribution is -2.39. The second kappa shape index (κ2) is 5.99. The van der Waals surface area contributed by atoms with Gasteiger partial charge in [0.05, 0.1) is 0 Å². The van der Waals surface area contributed by atoms with E-state index >= 15 is 0 Å². The minimum absolute atomic E-state index is 0.0236. The fourth-order valence-electron chi connectivity index (χ4n) is 2.69. The van der Waals surface area contributed by atoms with Crippen molar-refractivity contribution in [1.29, 1.82) is 0 Å². The number of halogens is 1. The highest BCUT2D eigenvalue weighted by atomic mass is 19.1. The van der Waals surface area contributed by atoms with Crippen LogP contribution in [0.3, 0.4) is 0 Å². The molecule has 1 aromatic rings. The second-order valence-electron chi connectivity index (χ2n) is 5.26. The molecule has 0 saturated heterocycles. The van der Waals surface area contributed by atoms with Crippen molar-refractivity contribution in [3.63, 3.8) is 0 Å². The number of rotatable bonds is 3. The van der Waals surface area contributed by atoms with Gasteiger partial charge in [0.1, 0.15) is 5.82 Å². The molecule has 1 saturated carbocycles. The summed E-state index contributed by atoms with van der Waals surface area (Å²) in [6.07, 6.45) is 6.02. The first kappa shape index (κ1) is 13.8. The Labute approximate surface area is 112 Å². The molecule has 4 nitrogen and oxygen atoms in total. The molecule has 0 aliphatic heterocycles. The van der Waals surface area contributed by atoms with E-state index in [1.807, 2.05) is 6.92 Å². The number of hydrogen-bond donors (Lipinski definition) is 2. The molecule has 1 aliphatic rings. The van der Waals surface area contributed by atoms with Crippen molar-refractivity contribution in [3.8, 4) is 0 Å². The summed E-state index contributed by atoms with van der Waals surface area (Å²) in [4.78, 5) is 15.5. The Bertz CT molecular complexity index is 438. The SMILES string of the molecule is C[C@H](NC(=O)c1cc(N)nc(F)c1)C1CCCCC1. The monoisotopic (exact) mass is 265 g/mol. The van der Waals surface area contributed by atoms with Gasteiger partial charge in [0.25, 0.3) is 5.91 Å². The number of carbonyl (C=O) groups is 1. The van der Waals surface area contributed by atoms with Crippen molar-refractivity contribution in [2.75, 3.05) is 5.73 Å². The van der Waals surface area contributed by atoms with Crippen LogP contribution in [0.5, 0.6) is 0 Å². The van der Waals surface area contributed by atoms with Crippen molar-refractivity contribution < 1.29 is 9.18 Å². The normalized spacial score (nSPS) is 18.0. The third-order valence-electron chi connectivity index (χ3n) is 3.79. The Hall–Kier alpha value is -1.65. The van der Waals surface area contributed by atoms with Crippen LogP contribution in [0, 0.1) is 11.9 Å². The molecule has 2 rings (SSSR count). The maximum atomic E-state index is 13.1. The van der Waals surface area contributed by atoms with Crippen molar-refractivity contribution in [1.82, 2.24) is 10.3 Å². The Balaban J connectivity index is 1.99. The molecular formula is C14H20FN3O. The Kier molecular flexibility index (Phi) is 4.35. The van der Waals surface area contributed by atoms with Gasteiger partial charge in [-0.05, 0) is 31.7 Å². The third kappa shape index (κ3) is 3.66. The van der Waals surface area contributed by atoms with Crippen molar-refractivity contribution in [2.45, 2.75) is 45.1 Å². The smallest absolute Gasteiger partial charge is 0.251 e. The van der Waals surface area contributed by atoms with Gasteiger partial charge < -0.3 is 11.1 Å². The fraction of sp³-hybridized carbons (Fsp3) is 0.571. The highest BCUT2D eigenvalue weighted by Crippen LogP contribution is 2.26. The molecule has 1 atom stereocenters. The van der Waals surface area contributed by atoms with Gasteiger partial charge in [0.15, 0.2) is 0 Å². The van der Waals surface area contributed by atoms with E-state index in [0.29, 0.717) is 5.92 Å². The van der Waals surface area contributed by atoms with Crippen molar-refractivity contribution >= 4 is 11.7 Å². The first-order valence-corrected chi connectivity index (χ1v) is 6.80. The lowest BCUT2D eigenvalue weighted by molar-refractivity contribution is 0.0918.